The molecule has 0 spiro atoms. The van der Waals surface area contributed by atoms with E-state index in [1.165, 1.54) is 5.56 Å². The van der Waals surface area contributed by atoms with E-state index in [4.69, 9.17) is 4.98 Å². The minimum absolute atomic E-state index is 0.127. The SMILES string of the molecule is O=C(NCCCc1ccccc1)c1c(C[N+]2([O-])CCCCC2)c(-c2ccccc2)nc2ccccc12. The summed E-state index contributed by atoms with van der Waals surface area (Å²) >= 11 is 0. The number of likely N-dealkylation sites (tertiary alicyclic amines) is 1. The number of hydroxylamine groups is 3. The van der Waals surface area contributed by atoms with Gasteiger partial charge in [-0.3, -0.25) is 4.79 Å². The number of piperidine rings is 1. The van der Waals surface area contributed by atoms with Crippen LogP contribution in [0.1, 0.15) is 47.2 Å². The second-order valence-corrected chi connectivity index (χ2v) is 9.77. The van der Waals surface area contributed by atoms with Crippen LogP contribution in [0, 0.1) is 5.21 Å². The van der Waals surface area contributed by atoms with E-state index in [2.05, 4.69) is 17.4 Å². The normalized spacial score (nSPS) is 15.0. The fraction of sp³-hybridized carbons (Fsp3) is 0.290. The summed E-state index contributed by atoms with van der Waals surface area (Å²) in [5.41, 5.74) is 5.06. The zero-order chi connectivity index (χ0) is 24.8. The molecule has 1 aliphatic heterocycles. The lowest BCUT2D eigenvalue weighted by atomic mass is 9.94. The zero-order valence-corrected chi connectivity index (χ0v) is 20.7. The number of aryl methyl sites for hydroxylation is 1. The standard InChI is InChI=1S/C31H33N3O2/c35-31(32-20-12-15-24-13-4-1-5-14-24)29-26-18-8-9-19-28(26)33-30(25-16-6-2-7-17-25)27(29)23-34(36)21-10-3-11-22-34/h1-2,4-9,13-14,16-19H,3,10-12,15,20-23H2,(H,32,35). The number of hydrogen-bond donors (Lipinski definition) is 1. The van der Waals surface area contributed by atoms with Crippen molar-refractivity contribution in [2.75, 3.05) is 19.6 Å². The van der Waals surface area contributed by atoms with E-state index < -0.39 is 0 Å². The summed E-state index contributed by atoms with van der Waals surface area (Å²) in [6, 6.07) is 28.0. The minimum Gasteiger partial charge on any atom is -0.633 e. The van der Waals surface area contributed by atoms with Crippen molar-refractivity contribution in [2.24, 2.45) is 0 Å². The molecule has 3 aromatic carbocycles. The third-order valence-electron chi connectivity index (χ3n) is 7.12. The average Bonchev–Trinajstić information content (AvgIpc) is 2.92. The molecule has 5 heteroatoms. The molecule has 1 amide bonds. The number of para-hydroxylation sites is 1. The highest BCUT2D eigenvalue weighted by Gasteiger charge is 2.28. The van der Waals surface area contributed by atoms with E-state index in [0.29, 0.717) is 25.2 Å². The van der Waals surface area contributed by atoms with Crippen LogP contribution in [0.2, 0.25) is 0 Å². The number of amides is 1. The quantitative estimate of drug-likeness (QED) is 0.184. The highest BCUT2D eigenvalue weighted by atomic mass is 16.5. The van der Waals surface area contributed by atoms with E-state index in [0.717, 1.165) is 59.8 Å². The first-order chi connectivity index (χ1) is 17.6. The molecule has 1 N–H and O–H groups in total. The fourth-order valence-corrected chi connectivity index (χ4v) is 5.26. The summed E-state index contributed by atoms with van der Waals surface area (Å²) in [7, 11) is 0. The fourth-order valence-electron chi connectivity index (χ4n) is 5.26. The van der Waals surface area contributed by atoms with Gasteiger partial charge in [0.2, 0.25) is 0 Å². The molecule has 184 valence electrons. The number of aromatic nitrogens is 1. The molecule has 5 rings (SSSR count). The lowest BCUT2D eigenvalue weighted by Gasteiger charge is -2.46. The molecule has 1 aliphatic rings. The molecule has 0 unspecified atom stereocenters. The van der Waals surface area contributed by atoms with Gasteiger partial charge in [0.15, 0.2) is 0 Å². The van der Waals surface area contributed by atoms with Gasteiger partial charge in [-0.25, -0.2) is 4.98 Å². The molecular formula is C31H33N3O2. The molecule has 0 atom stereocenters. The molecule has 4 aromatic rings. The summed E-state index contributed by atoms with van der Waals surface area (Å²) in [5.74, 6) is -0.127. The molecule has 36 heavy (non-hydrogen) atoms. The molecule has 0 radical (unpaired) electrons. The Kier molecular flexibility index (Phi) is 7.40. The van der Waals surface area contributed by atoms with E-state index in [9.17, 15) is 10.0 Å². The number of rotatable bonds is 8. The third kappa shape index (κ3) is 5.48. The van der Waals surface area contributed by atoms with Crippen LogP contribution in [0.3, 0.4) is 0 Å². The molecule has 0 saturated carbocycles. The molecule has 2 heterocycles. The Hall–Kier alpha value is -3.54. The zero-order valence-electron chi connectivity index (χ0n) is 20.7. The number of fused-ring (bicyclic) bond motifs is 1. The van der Waals surface area contributed by atoms with Crippen LogP contribution in [0.5, 0.6) is 0 Å². The number of nitrogens with zero attached hydrogens (tertiary/aromatic N) is 2. The lowest BCUT2D eigenvalue weighted by molar-refractivity contribution is -0.898. The Morgan fingerprint density at radius 2 is 1.53 bits per heavy atom. The summed E-state index contributed by atoms with van der Waals surface area (Å²) < 4.78 is -0.297. The molecule has 0 bridgehead atoms. The van der Waals surface area contributed by atoms with Crippen molar-refractivity contribution in [1.29, 1.82) is 0 Å². The van der Waals surface area contributed by atoms with Crippen molar-refractivity contribution in [3.05, 3.63) is 107 Å². The van der Waals surface area contributed by atoms with Crippen LogP contribution in [-0.4, -0.2) is 35.2 Å². The van der Waals surface area contributed by atoms with Crippen molar-refractivity contribution in [2.45, 2.75) is 38.6 Å². The second-order valence-electron chi connectivity index (χ2n) is 9.77. The minimum atomic E-state index is -0.297. The van der Waals surface area contributed by atoms with Crippen LogP contribution < -0.4 is 5.32 Å². The van der Waals surface area contributed by atoms with Gasteiger partial charge in [-0.2, -0.15) is 0 Å². The van der Waals surface area contributed by atoms with Gasteiger partial charge in [0.05, 0.1) is 29.9 Å². The van der Waals surface area contributed by atoms with Gasteiger partial charge in [-0.05, 0) is 43.7 Å². The molecule has 0 aliphatic carbocycles. The average molecular weight is 480 g/mol. The summed E-state index contributed by atoms with van der Waals surface area (Å²) in [6.07, 6.45) is 4.69. The maximum Gasteiger partial charge on any atom is 0.252 e. The monoisotopic (exact) mass is 479 g/mol. The first kappa shape index (κ1) is 24.2. The first-order valence-corrected chi connectivity index (χ1v) is 13.0. The predicted molar refractivity (Wildman–Crippen MR) is 145 cm³/mol. The van der Waals surface area contributed by atoms with Crippen LogP contribution in [0.25, 0.3) is 22.2 Å². The number of pyridine rings is 1. The van der Waals surface area contributed by atoms with E-state index in [1.807, 2.05) is 72.8 Å². The summed E-state index contributed by atoms with van der Waals surface area (Å²) in [5, 5.41) is 17.7. The van der Waals surface area contributed by atoms with Gasteiger partial charge in [-0.15, -0.1) is 0 Å². The van der Waals surface area contributed by atoms with Crippen molar-refractivity contribution in [3.8, 4) is 11.3 Å². The number of quaternary nitrogens is 1. The summed E-state index contributed by atoms with van der Waals surface area (Å²) in [6.45, 7) is 2.00. The second kappa shape index (κ2) is 11.0. The molecular weight excluding hydrogens is 446 g/mol. The van der Waals surface area contributed by atoms with Crippen LogP contribution in [0.4, 0.5) is 0 Å². The van der Waals surface area contributed by atoms with Crippen LogP contribution in [0.15, 0.2) is 84.9 Å². The van der Waals surface area contributed by atoms with Crippen molar-refractivity contribution >= 4 is 16.8 Å². The van der Waals surface area contributed by atoms with Crippen molar-refractivity contribution in [1.82, 2.24) is 10.3 Å². The Balaban J connectivity index is 1.52. The lowest BCUT2D eigenvalue weighted by Crippen LogP contribution is -2.46. The Morgan fingerprint density at radius 3 is 2.28 bits per heavy atom. The molecule has 5 nitrogen and oxygen atoms in total. The van der Waals surface area contributed by atoms with Gasteiger partial charge < -0.3 is 15.2 Å². The van der Waals surface area contributed by atoms with Crippen molar-refractivity contribution in [3.63, 3.8) is 0 Å². The van der Waals surface area contributed by atoms with Gasteiger partial charge >= 0.3 is 0 Å². The van der Waals surface area contributed by atoms with Crippen LogP contribution >= 0.6 is 0 Å². The number of hydrogen-bond acceptors (Lipinski definition) is 3. The van der Waals surface area contributed by atoms with Crippen LogP contribution in [-0.2, 0) is 13.0 Å². The van der Waals surface area contributed by atoms with Gasteiger partial charge in [0.25, 0.3) is 5.91 Å². The number of nitrogens with one attached hydrogen (secondary N) is 1. The first-order valence-electron chi connectivity index (χ1n) is 13.0. The summed E-state index contributed by atoms with van der Waals surface area (Å²) in [4.78, 5) is 18.8. The van der Waals surface area contributed by atoms with Gasteiger partial charge in [-0.1, -0.05) is 78.9 Å². The third-order valence-corrected chi connectivity index (χ3v) is 7.12. The molecule has 1 fully saturated rings. The maximum absolute atomic E-state index is 13.8. The van der Waals surface area contributed by atoms with Gasteiger partial charge in [0.1, 0.15) is 6.54 Å². The predicted octanol–water partition coefficient (Wildman–Crippen LogP) is 6.26. The maximum atomic E-state index is 13.8. The molecule has 1 aromatic heterocycles. The molecule has 1 saturated heterocycles. The Morgan fingerprint density at radius 1 is 0.861 bits per heavy atom. The number of carbonyl (C=O) groups excluding carboxylic acids is 1. The largest absolute Gasteiger partial charge is 0.633 e. The van der Waals surface area contributed by atoms with E-state index >= 15 is 0 Å². The Bertz CT molecular complexity index is 1320. The highest BCUT2D eigenvalue weighted by Crippen LogP contribution is 2.34. The Labute approximate surface area is 213 Å². The highest BCUT2D eigenvalue weighted by molar-refractivity contribution is 6.09. The van der Waals surface area contributed by atoms with E-state index in [1.54, 1.807) is 0 Å². The topological polar surface area (TPSA) is 65.0 Å². The van der Waals surface area contributed by atoms with Crippen molar-refractivity contribution < 1.29 is 9.44 Å². The van der Waals surface area contributed by atoms with Gasteiger partial charge in [0, 0.05) is 23.1 Å². The number of benzene rings is 3. The smallest absolute Gasteiger partial charge is 0.252 e. The van der Waals surface area contributed by atoms with E-state index in [-0.39, 0.29) is 17.1 Å². The number of carbonyl (C=O) groups is 1.